The molecule has 0 aliphatic carbocycles. The predicted molar refractivity (Wildman–Crippen MR) is 226 cm³/mol. The molecule has 0 fully saturated rings. The fraction of sp³-hybridized carbons (Fsp3) is 0.976. The number of amides is 1. The van der Waals surface area contributed by atoms with Gasteiger partial charge in [-0.1, -0.05) is 102 Å². The van der Waals surface area contributed by atoms with Crippen molar-refractivity contribution < 1.29 is 56.9 Å². The van der Waals surface area contributed by atoms with Gasteiger partial charge in [0.25, 0.3) is 0 Å². The average Bonchev–Trinajstić information content (AvgIpc) is 3.23. The minimum Gasteiger partial charge on any atom is -0.379 e. The summed E-state index contributed by atoms with van der Waals surface area (Å²) in [5, 5.41) is 6.32. The number of hydrogen-bond donors (Lipinski definition) is 1. The van der Waals surface area contributed by atoms with Crippen molar-refractivity contribution in [2.45, 2.75) is 110 Å². The number of unbranched alkanes of at least 4 members (excludes halogenated alkanes) is 14. The van der Waals surface area contributed by atoms with E-state index in [1.54, 1.807) is 0 Å². The van der Waals surface area contributed by atoms with Crippen LogP contribution in [0.5, 0.6) is 0 Å². The summed E-state index contributed by atoms with van der Waals surface area (Å²) in [7, 11) is 0. The first-order valence-electron chi connectivity index (χ1n) is 22.4. The molecule has 0 aliphatic heterocycles. The fourth-order valence-corrected chi connectivity index (χ4v) is 5.46. The number of carbonyl (C=O) groups excluding carboxylic acids is 1. The van der Waals surface area contributed by atoms with Crippen molar-refractivity contribution in [1.82, 2.24) is 5.32 Å². The Hall–Kier alpha value is -1.66. The van der Waals surface area contributed by atoms with Gasteiger partial charge in [0.15, 0.2) is 0 Å². The molecule has 0 atom stereocenters. The van der Waals surface area contributed by atoms with Gasteiger partial charge in [-0.25, -0.2) is 0 Å². The second kappa shape index (κ2) is 53.4. The molecule has 1 amide bonds. The maximum absolute atomic E-state index is 12.0. The van der Waals surface area contributed by atoms with Crippen molar-refractivity contribution in [3.05, 3.63) is 10.4 Å². The van der Waals surface area contributed by atoms with E-state index in [1.165, 1.54) is 83.5 Å². The number of ether oxygens (including phenoxy) is 11. The van der Waals surface area contributed by atoms with E-state index in [0.717, 1.165) is 12.8 Å². The Balaban J connectivity index is 3.13. The first-order valence-corrected chi connectivity index (χ1v) is 22.4. The zero-order chi connectivity index (χ0) is 41.8. The van der Waals surface area contributed by atoms with Crippen molar-refractivity contribution in [1.29, 1.82) is 0 Å². The van der Waals surface area contributed by atoms with E-state index in [2.05, 4.69) is 22.3 Å². The standard InChI is InChI=1S/C42H84N4O12/c1-2-3-4-5-6-7-8-9-10-11-12-13-14-15-16-17-42(47)44-18-20-48-22-24-50-26-28-52-30-32-54-34-36-56-38-40-58-41-39-57-37-35-55-33-31-53-29-27-51-25-23-49-21-19-45-46-43/h2-41H2,1H3,(H,44,47). The van der Waals surface area contributed by atoms with Gasteiger partial charge in [-0.05, 0) is 12.0 Å². The van der Waals surface area contributed by atoms with Crippen LogP contribution in [0.4, 0.5) is 0 Å². The molecule has 16 nitrogen and oxygen atoms in total. The molecule has 0 heterocycles. The maximum atomic E-state index is 12.0. The summed E-state index contributed by atoms with van der Waals surface area (Å²) >= 11 is 0. The lowest BCUT2D eigenvalue weighted by Crippen LogP contribution is -2.27. The molecule has 0 aromatic carbocycles. The molecule has 0 aromatic heterocycles. The van der Waals surface area contributed by atoms with Gasteiger partial charge in [0.2, 0.25) is 5.91 Å². The predicted octanol–water partition coefficient (Wildman–Crippen LogP) is 6.86. The van der Waals surface area contributed by atoms with E-state index < -0.39 is 0 Å². The molecule has 344 valence electrons. The molecular formula is C42H84N4O12. The molecule has 16 heteroatoms. The molecule has 0 spiro atoms. The van der Waals surface area contributed by atoms with Gasteiger partial charge in [-0.15, -0.1) is 0 Å². The van der Waals surface area contributed by atoms with E-state index in [4.69, 9.17) is 57.6 Å². The summed E-state index contributed by atoms with van der Waals surface area (Å²) in [6.45, 7) is 13.8. The molecule has 0 radical (unpaired) electrons. The van der Waals surface area contributed by atoms with Crippen molar-refractivity contribution in [2.75, 3.05) is 158 Å². The summed E-state index contributed by atoms with van der Waals surface area (Å²) in [6.07, 6.45) is 20.5. The van der Waals surface area contributed by atoms with Crippen molar-refractivity contribution >= 4 is 5.91 Å². The normalized spacial score (nSPS) is 11.3. The summed E-state index contributed by atoms with van der Waals surface area (Å²) in [6, 6.07) is 0. The minimum atomic E-state index is 0.116. The molecular weight excluding hydrogens is 752 g/mol. The van der Waals surface area contributed by atoms with Gasteiger partial charge in [-0.2, -0.15) is 0 Å². The highest BCUT2D eigenvalue weighted by atomic mass is 16.6. The van der Waals surface area contributed by atoms with Gasteiger partial charge in [0.05, 0.1) is 145 Å². The maximum Gasteiger partial charge on any atom is 0.220 e. The third-order valence-electron chi connectivity index (χ3n) is 8.69. The van der Waals surface area contributed by atoms with Gasteiger partial charge in [0, 0.05) is 24.4 Å². The molecule has 0 rings (SSSR count). The highest BCUT2D eigenvalue weighted by molar-refractivity contribution is 5.75. The average molecular weight is 837 g/mol. The number of azide groups is 1. The Morgan fingerprint density at radius 1 is 0.397 bits per heavy atom. The van der Waals surface area contributed by atoms with E-state index in [1.807, 2.05) is 0 Å². The molecule has 58 heavy (non-hydrogen) atoms. The quantitative estimate of drug-likeness (QED) is 0.0292. The van der Waals surface area contributed by atoms with E-state index >= 15 is 0 Å². The lowest BCUT2D eigenvalue weighted by Gasteiger charge is -2.09. The van der Waals surface area contributed by atoms with Gasteiger partial charge < -0.3 is 57.4 Å². The summed E-state index contributed by atoms with van der Waals surface area (Å²) in [4.78, 5) is 14.7. The largest absolute Gasteiger partial charge is 0.379 e. The van der Waals surface area contributed by atoms with Crippen LogP contribution in [0.1, 0.15) is 110 Å². The number of nitrogens with zero attached hydrogens (tertiary/aromatic N) is 3. The first-order chi connectivity index (χ1) is 28.8. The van der Waals surface area contributed by atoms with E-state index in [9.17, 15) is 4.79 Å². The fourth-order valence-electron chi connectivity index (χ4n) is 5.46. The Bertz CT molecular complexity index is 846. The highest BCUT2D eigenvalue weighted by Crippen LogP contribution is 2.13. The van der Waals surface area contributed by atoms with Gasteiger partial charge in [-0.3, -0.25) is 4.79 Å². The van der Waals surface area contributed by atoms with Crippen molar-refractivity contribution in [2.24, 2.45) is 5.11 Å². The first kappa shape index (κ1) is 56.3. The molecule has 0 saturated carbocycles. The van der Waals surface area contributed by atoms with Crippen LogP contribution in [-0.4, -0.2) is 164 Å². The molecule has 0 bridgehead atoms. The summed E-state index contributed by atoms with van der Waals surface area (Å²) < 4.78 is 60.0. The Morgan fingerprint density at radius 3 is 0.948 bits per heavy atom. The van der Waals surface area contributed by atoms with Crippen LogP contribution in [0.2, 0.25) is 0 Å². The number of carbonyl (C=O) groups is 1. The zero-order valence-corrected chi connectivity index (χ0v) is 36.5. The van der Waals surface area contributed by atoms with Crippen LogP contribution in [0, 0.1) is 0 Å². The van der Waals surface area contributed by atoms with Crippen molar-refractivity contribution in [3.63, 3.8) is 0 Å². The summed E-state index contributed by atoms with van der Waals surface area (Å²) in [5.41, 5.74) is 8.16. The highest BCUT2D eigenvalue weighted by Gasteiger charge is 2.02. The third kappa shape index (κ3) is 52.4. The SMILES string of the molecule is CCCCCCCCCCCCCCCCCC(=O)NCCOCCOCCOCCOCCOCCOCCOCCOCCOCCOCCOCCN=[N+]=[N-]. The number of nitrogens with one attached hydrogen (secondary N) is 1. The molecule has 1 N–H and O–H groups in total. The van der Waals surface area contributed by atoms with Crippen LogP contribution in [0.3, 0.4) is 0 Å². The van der Waals surface area contributed by atoms with Crippen LogP contribution in [-0.2, 0) is 56.9 Å². The third-order valence-corrected chi connectivity index (χ3v) is 8.69. The zero-order valence-electron chi connectivity index (χ0n) is 36.5. The Labute approximate surface area is 351 Å². The molecule has 0 aromatic rings. The molecule has 0 unspecified atom stereocenters. The monoisotopic (exact) mass is 837 g/mol. The second-order valence-corrected chi connectivity index (χ2v) is 13.7. The molecule has 0 aliphatic rings. The van der Waals surface area contributed by atoms with Crippen LogP contribution >= 0.6 is 0 Å². The second-order valence-electron chi connectivity index (χ2n) is 13.7. The van der Waals surface area contributed by atoms with Crippen LogP contribution in [0.15, 0.2) is 5.11 Å². The van der Waals surface area contributed by atoms with Gasteiger partial charge in [0.1, 0.15) is 0 Å². The topological polar surface area (TPSA) is 179 Å². The van der Waals surface area contributed by atoms with Crippen molar-refractivity contribution in [3.8, 4) is 0 Å². The smallest absolute Gasteiger partial charge is 0.220 e. The Morgan fingerprint density at radius 2 is 0.655 bits per heavy atom. The summed E-state index contributed by atoms with van der Waals surface area (Å²) in [5.74, 6) is 0.116. The van der Waals surface area contributed by atoms with Crippen LogP contribution < -0.4 is 5.32 Å². The van der Waals surface area contributed by atoms with Crippen LogP contribution in [0.25, 0.3) is 10.4 Å². The Kier molecular flexibility index (Phi) is 51.8. The lowest BCUT2D eigenvalue weighted by atomic mass is 10.0. The molecule has 0 saturated heterocycles. The van der Waals surface area contributed by atoms with Gasteiger partial charge >= 0.3 is 0 Å². The lowest BCUT2D eigenvalue weighted by molar-refractivity contribution is -0.121. The number of hydrogen-bond acceptors (Lipinski definition) is 13. The number of rotatable bonds is 52. The van der Waals surface area contributed by atoms with E-state index in [0.29, 0.717) is 165 Å². The minimum absolute atomic E-state index is 0.116. The van der Waals surface area contributed by atoms with E-state index in [-0.39, 0.29) is 5.91 Å².